The van der Waals surface area contributed by atoms with Crippen LogP contribution >= 0.6 is 0 Å². The Labute approximate surface area is 499 Å². The number of imide groups is 2. The molecule has 86 heavy (non-hydrogen) atoms. The first-order valence-electron chi connectivity index (χ1n) is 31.0. The summed E-state index contributed by atoms with van der Waals surface area (Å²) in [4.78, 5) is 130. The maximum Gasteiger partial charge on any atom is 0.262 e. The van der Waals surface area contributed by atoms with Crippen LogP contribution in [0.25, 0.3) is 22.3 Å². The number of amides is 8. The predicted octanol–water partition coefficient (Wildman–Crippen LogP) is 7.40. The highest BCUT2D eigenvalue weighted by Gasteiger charge is 2.56. The van der Waals surface area contributed by atoms with Crippen LogP contribution in [0.5, 0.6) is 0 Å². The molecule has 13 rings (SSSR count). The van der Waals surface area contributed by atoms with Crippen LogP contribution < -0.4 is 25.8 Å². The normalized spacial score (nSPS) is 23.4. The first-order valence-corrected chi connectivity index (χ1v) is 31.0. The first kappa shape index (κ1) is 57.0. The van der Waals surface area contributed by atoms with E-state index in [0.717, 1.165) is 53.3 Å². The van der Waals surface area contributed by atoms with Gasteiger partial charge in [-0.1, -0.05) is 18.6 Å². The molecule has 0 bridgehead atoms. The number of benzene rings is 3. The number of aryl methyl sites for hydroxylation is 1. The molecule has 7 aliphatic heterocycles. The zero-order valence-electron chi connectivity index (χ0n) is 49.6. The molecule has 1 aliphatic carbocycles. The number of hydrogen-bond acceptors (Lipinski definition) is 13. The van der Waals surface area contributed by atoms with Gasteiger partial charge in [0.2, 0.25) is 29.5 Å². The number of hydrogen-bond donors (Lipinski definition) is 3. The van der Waals surface area contributed by atoms with Crippen molar-refractivity contribution in [1.29, 1.82) is 0 Å². The summed E-state index contributed by atoms with van der Waals surface area (Å²) in [5.74, 6) is -3.13. The van der Waals surface area contributed by atoms with E-state index >= 15 is 9.18 Å². The zero-order valence-corrected chi connectivity index (χ0v) is 49.6. The fraction of sp³-hybridized carbons (Fsp3) is 0.508. The maximum absolute atomic E-state index is 16.0. The Hall–Kier alpha value is -8.07. The lowest BCUT2D eigenvalue weighted by atomic mass is 9.73. The Bertz CT molecular complexity index is 3650. The molecule has 1 saturated carbocycles. The van der Waals surface area contributed by atoms with Crippen LogP contribution in [0.15, 0.2) is 60.9 Å². The third-order valence-corrected chi connectivity index (χ3v) is 19.8. The molecule has 1 spiro atoms. The number of halogens is 1. The summed E-state index contributed by atoms with van der Waals surface area (Å²) >= 11 is 0. The summed E-state index contributed by atoms with van der Waals surface area (Å²) in [6.07, 6.45) is 9.90. The Morgan fingerprint density at radius 2 is 1.47 bits per heavy atom. The van der Waals surface area contributed by atoms with Crippen LogP contribution in [0.2, 0.25) is 0 Å². The van der Waals surface area contributed by atoms with Crippen LogP contribution in [0.4, 0.5) is 27.3 Å². The molecular weight excluding hydrogens is 1100 g/mol. The van der Waals surface area contributed by atoms with Gasteiger partial charge in [-0.3, -0.25) is 48.6 Å². The van der Waals surface area contributed by atoms with Crippen molar-refractivity contribution in [1.82, 2.24) is 44.8 Å². The molecule has 6 fully saturated rings. The smallest absolute Gasteiger partial charge is 0.262 e. The van der Waals surface area contributed by atoms with Crippen molar-refractivity contribution in [3.8, 4) is 11.3 Å². The molecule has 5 aromatic rings. The van der Waals surface area contributed by atoms with E-state index in [4.69, 9.17) is 9.97 Å². The van der Waals surface area contributed by atoms with Crippen molar-refractivity contribution in [3.05, 3.63) is 94.6 Å². The lowest BCUT2D eigenvalue weighted by Gasteiger charge is -2.48. The van der Waals surface area contributed by atoms with Gasteiger partial charge >= 0.3 is 0 Å². The number of piperidine rings is 4. The molecule has 8 amide bonds. The Morgan fingerprint density at radius 3 is 2.19 bits per heavy atom. The minimum absolute atomic E-state index is 0.00184. The van der Waals surface area contributed by atoms with E-state index < -0.39 is 40.9 Å². The van der Waals surface area contributed by atoms with Crippen molar-refractivity contribution in [2.45, 2.75) is 147 Å². The fourth-order valence-electron chi connectivity index (χ4n) is 14.9. The third kappa shape index (κ3) is 9.96. The zero-order chi connectivity index (χ0) is 60.0. The second-order valence-electron chi connectivity index (χ2n) is 25.8. The number of aromatic nitrogens is 3. The van der Waals surface area contributed by atoms with Gasteiger partial charge in [0.05, 0.1) is 45.7 Å². The standard InChI is InChI=1S/C65H75FN12O8/c1-36(2)68-58(80)46-32-51(49(66)27-38(46)5)70-57-56-52(67-35-76(56)37(3)4)33-50(69-57)40-9-12-48-54(28-40)77(44-29-43(30-44)72-20-7-6-8-21-72)64(86)65(48)18-25-74(26-19-65)61(83)41-17-24-75(34-41)60(82)39-15-22-73(23-16-39)42-10-11-45-47(31-42)63(85)78(62(45)84)53-13-14-55(79)71-59(53)81/h9-12,27-28,31-33,35-37,39,41,43-44,53H,6-8,13-26,29-30,34H2,1-5H3,(H,68,80)(H,69,70)(H,71,79,81)/t41?,43-,44+,53?. The second kappa shape index (κ2) is 22.3. The summed E-state index contributed by atoms with van der Waals surface area (Å²) in [6.45, 7) is 14.4. The minimum Gasteiger partial charge on any atom is -0.371 e. The molecule has 0 radical (unpaired) electrons. The Kier molecular flexibility index (Phi) is 14.8. The van der Waals surface area contributed by atoms with Crippen molar-refractivity contribution in [2.75, 3.05) is 67.5 Å². The number of likely N-dealkylation sites (tertiary alicyclic amines) is 3. The average Bonchev–Trinajstić information content (AvgIpc) is 1.66. The third-order valence-electron chi connectivity index (χ3n) is 19.8. The molecule has 9 heterocycles. The molecular formula is C65H75FN12O8. The highest BCUT2D eigenvalue weighted by Crippen LogP contribution is 2.53. The number of rotatable bonds is 12. The molecule has 20 nitrogen and oxygen atoms in total. The summed E-state index contributed by atoms with van der Waals surface area (Å²) in [5, 5.41) is 8.43. The van der Waals surface area contributed by atoms with Crippen molar-refractivity contribution in [2.24, 2.45) is 11.8 Å². The van der Waals surface area contributed by atoms with Crippen LogP contribution in [0, 0.1) is 24.6 Å². The topological polar surface area (TPSA) is 223 Å². The summed E-state index contributed by atoms with van der Waals surface area (Å²) in [5.41, 5.74) is 5.80. The molecule has 21 heteroatoms. The van der Waals surface area contributed by atoms with Gasteiger partial charge in [-0.25, -0.2) is 14.4 Å². The van der Waals surface area contributed by atoms with E-state index in [0.29, 0.717) is 111 Å². The number of carbonyl (C=O) groups is 8. The number of carbonyl (C=O) groups excluding carboxylic acids is 8. The molecule has 2 unspecified atom stereocenters. The quantitative estimate of drug-likeness (QED) is 0.104. The van der Waals surface area contributed by atoms with Crippen LogP contribution in [0.3, 0.4) is 0 Å². The fourth-order valence-corrected chi connectivity index (χ4v) is 14.9. The number of nitrogens with zero attached hydrogens (tertiary/aromatic N) is 9. The van der Waals surface area contributed by atoms with Crippen molar-refractivity contribution < 1.29 is 42.7 Å². The first-order chi connectivity index (χ1) is 41.3. The monoisotopic (exact) mass is 1170 g/mol. The van der Waals surface area contributed by atoms with Crippen LogP contribution in [0.1, 0.15) is 153 Å². The second-order valence-corrected chi connectivity index (χ2v) is 25.8. The lowest BCUT2D eigenvalue weighted by Crippen LogP contribution is -2.58. The number of anilines is 4. The van der Waals surface area contributed by atoms with Gasteiger partial charge in [-0.2, -0.15) is 0 Å². The van der Waals surface area contributed by atoms with E-state index in [1.807, 2.05) is 54.2 Å². The summed E-state index contributed by atoms with van der Waals surface area (Å²) in [7, 11) is 0. The molecule has 3 N–H and O–H groups in total. The van der Waals surface area contributed by atoms with E-state index in [1.165, 1.54) is 31.4 Å². The average molecular weight is 1170 g/mol. The van der Waals surface area contributed by atoms with Crippen molar-refractivity contribution >= 4 is 81.2 Å². The van der Waals surface area contributed by atoms with Gasteiger partial charge < -0.3 is 39.7 Å². The van der Waals surface area contributed by atoms with Crippen LogP contribution in [-0.2, 0) is 29.4 Å². The maximum atomic E-state index is 16.0. The number of fused-ring (bicyclic) bond motifs is 4. The molecule has 450 valence electrons. The van der Waals surface area contributed by atoms with Gasteiger partial charge in [0.15, 0.2) is 5.82 Å². The highest BCUT2D eigenvalue weighted by molar-refractivity contribution is 6.24. The molecule has 5 saturated heterocycles. The largest absolute Gasteiger partial charge is 0.371 e. The van der Waals surface area contributed by atoms with Gasteiger partial charge in [-0.15, -0.1) is 0 Å². The number of pyridine rings is 1. The molecule has 2 aromatic heterocycles. The molecule has 3 aromatic carbocycles. The Morgan fingerprint density at radius 1 is 0.744 bits per heavy atom. The van der Waals surface area contributed by atoms with Crippen LogP contribution in [-0.4, -0.2) is 158 Å². The van der Waals surface area contributed by atoms with Gasteiger partial charge in [0, 0.05) is 98.3 Å². The van der Waals surface area contributed by atoms with E-state index in [2.05, 4.69) is 42.8 Å². The van der Waals surface area contributed by atoms with Gasteiger partial charge in [0.1, 0.15) is 17.4 Å². The number of imidazole rings is 1. The lowest BCUT2D eigenvalue weighted by molar-refractivity contribution is -0.140. The SMILES string of the molecule is Cc1cc(F)c(Nc2nc(-c3ccc4c(c3)N([C@H]3C[C@@H](N5CCCCC5)C3)C(=O)C43CCN(C(=O)C4CCN(C(=O)C5CCN(c6ccc7c(c6)C(=O)N(C6CCC(=O)NC6=O)C7=O)CC5)C4)CC3)cc3ncn(C(C)C)c23)cc1C(=O)NC(C)C. The van der Waals surface area contributed by atoms with Crippen molar-refractivity contribution in [3.63, 3.8) is 0 Å². The highest BCUT2D eigenvalue weighted by atomic mass is 19.1. The predicted molar refractivity (Wildman–Crippen MR) is 320 cm³/mol. The van der Waals surface area contributed by atoms with E-state index in [1.54, 1.807) is 31.5 Å². The Balaban J connectivity index is 0.697. The minimum atomic E-state index is -1.05. The van der Waals surface area contributed by atoms with Gasteiger partial charge in [-0.05, 0) is 166 Å². The summed E-state index contributed by atoms with van der Waals surface area (Å²) < 4.78 is 18.0. The summed E-state index contributed by atoms with van der Waals surface area (Å²) in [6, 6.07) is 15.3. The van der Waals surface area contributed by atoms with E-state index in [9.17, 15) is 33.6 Å². The molecule has 8 aliphatic rings. The number of nitrogens with one attached hydrogen (secondary N) is 3. The molecule has 2 atom stereocenters. The van der Waals surface area contributed by atoms with E-state index in [-0.39, 0.29) is 83.2 Å². The van der Waals surface area contributed by atoms with Gasteiger partial charge in [0.25, 0.3) is 17.7 Å².